The Labute approximate surface area is 147 Å². The minimum absolute atomic E-state index is 0.300. The third kappa shape index (κ3) is 5.61. The summed E-state index contributed by atoms with van der Waals surface area (Å²) < 4.78 is 0. The van der Waals surface area contributed by atoms with Crippen LogP contribution in [0.4, 0.5) is 16.2 Å². The fourth-order valence-corrected chi connectivity index (χ4v) is 2.28. The summed E-state index contributed by atoms with van der Waals surface area (Å²) in [4.78, 5) is 23.3. The van der Waals surface area contributed by atoms with Gasteiger partial charge in [0, 0.05) is 17.9 Å². The standard InChI is InChI=1S/C19H23N3O3/c1-3-14-6-8-16(9-7-14)21-19(25)20-11-15-5-4-13(2)17(10-15)22-18(24)12-23/h4-10,23H,3,11-12H2,1-2H3,(H,22,24)(H2,20,21,25). The number of amides is 3. The van der Waals surface area contributed by atoms with E-state index in [1.807, 2.05) is 43.3 Å². The van der Waals surface area contributed by atoms with Gasteiger partial charge in [0.25, 0.3) is 0 Å². The number of hydrogen-bond acceptors (Lipinski definition) is 3. The number of hydrogen-bond donors (Lipinski definition) is 4. The molecule has 0 aromatic heterocycles. The van der Waals surface area contributed by atoms with Gasteiger partial charge in [0.2, 0.25) is 5.91 Å². The first-order valence-electron chi connectivity index (χ1n) is 8.16. The lowest BCUT2D eigenvalue weighted by atomic mass is 10.1. The molecule has 6 nitrogen and oxygen atoms in total. The molecule has 2 aromatic rings. The van der Waals surface area contributed by atoms with Gasteiger partial charge in [-0.15, -0.1) is 0 Å². The Kier molecular flexibility index (Phi) is 6.54. The Hall–Kier alpha value is -2.86. The highest BCUT2D eigenvalue weighted by Gasteiger charge is 2.06. The number of nitrogens with one attached hydrogen (secondary N) is 3. The first-order valence-corrected chi connectivity index (χ1v) is 8.16. The quantitative estimate of drug-likeness (QED) is 0.651. The lowest BCUT2D eigenvalue weighted by Gasteiger charge is -2.11. The molecule has 0 aliphatic rings. The molecule has 25 heavy (non-hydrogen) atoms. The summed E-state index contributed by atoms with van der Waals surface area (Å²) in [5.74, 6) is -0.471. The van der Waals surface area contributed by atoms with Crippen LogP contribution < -0.4 is 16.0 Å². The van der Waals surface area contributed by atoms with Crippen LogP contribution in [0.25, 0.3) is 0 Å². The number of aliphatic hydroxyl groups excluding tert-OH is 1. The number of urea groups is 1. The van der Waals surface area contributed by atoms with Crippen molar-refractivity contribution in [3.8, 4) is 0 Å². The summed E-state index contributed by atoms with van der Waals surface area (Å²) >= 11 is 0. The van der Waals surface area contributed by atoms with Crippen molar-refractivity contribution in [3.63, 3.8) is 0 Å². The van der Waals surface area contributed by atoms with Gasteiger partial charge in [-0.2, -0.15) is 0 Å². The minimum atomic E-state index is -0.568. The summed E-state index contributed by atoms with van der Waals surface area (Å²) in [6.45, 7) is 3.69. The van der Waals surface area contributed by atoms with Crippen molar-refractivity contribution in [2.45, 2.75) is 26.8 Å². The lowest BCUT2D eigenvalue weighted by Crippen LogP contribution is -2.28. The van der Waals surface area contributed by atoms with Gasteiger partial charge in [0.1, 0.15) is 6.61 Å². The zero-order chi connectivity index (χ0) is 18.2. The molecule has 0 bridgehead atoms. The molecule has 0 spiro atoms. The van der Waals surface area contributed by atoms with E-state index in [9.17, 15) is 9.59 Å². The van der Waals surface area contributed by atoms with Crippen LogP contribution in [0.5, 0.6) is 0 Å². The summed E-state index contributed by atoms with van der Waals surface area (Å²) in [5, 5.41) is 17.0. The van der Waals surface area contributed by atoms with E-state index in [1.165, 1.54) is 5.56 Å². The lowest BCUT2D eigenvalue weighted by molar-refractivity contribution is -0.118. The number of carbonyl (C=O) groups excluding carboxylic acids is 2. The summed E-state index contributed by atoms with van der Waals surface area (Å²) in [6, 6.07) is 12.9. The van der Waals surface area contributed by atoms with E-state index >= 15 is 0 Å². The van der Waals surface area contributed by atoms with E-state index in [1.54, 1.807) is 6.07 Å². The predicted octanol–water partition coefficient (Wildman–Crippen LogP) is 2.81. The third-order valence-corrected chi connectivity index (χ3v) is 3.79. The number of rotatable bonds is 6. The maximum Gasteiger partial charge on any atom is 0.319 e. The number of aryl methyl sites for hydroxylation is 2. The molecule has 132 valence electrons. The Morgan fingerprint density at radius 2 is 1.68 bits per heavy atom. The molecule has 6 heteroatoms. The Bertz CT molecular complexity index is 742. The van der Waals surface area contributed by atoms with Crippen LogP contribution in [0.2, 0.25) is 0 Å². The minimum Gasteiger partial charge on any atom is -0.387 e. The van der Waals surface area contributed by atoms with Gasteiger partial charge in [-0.25, -0.2) is 4.79 Å². The van der Waals surface area contributed by atoms with Crippen LogP contribution in [0.3, 0.4) is 0 Å². The van der Waals surface area contributed by atoms with Crippen LogP contribution in [-0.4, -0.2) is 23.7 Å². The Morgan fingerprint density at radius 1 is 1.00 bits per heavy atom. The molecule has 0 saturated carbocycles. The van der Waals surface area contributed by atoms with Gasteiger partial charge in [-0.05, 0) is 48.2 Å². The van der Waals surface area contributed by atoms with Gasteiger partial charge in [0.05, 0.1) is 0 Å². The van der Waals surface area contributed by atoms with Crippen molar-refractivity contribution in [1.29, 1.82) is 0 Å². The number of benzene rings is 2. The summed E-state index contributed by atoms with van der Waals surface area (Å²) in [5.41, 5.74) is 4.29. The van der Waals surface area contributed by atoms with E-state index in [0.717, 1.165) is 23.2 Å². The smallest absolute Gasteiger partial charge is 0.319 e. The molecule has 0 unspecified atom stereocenters. The summed E-state index contributed by atoms with van der Waals surface area (Å²) in [6.07, 6.45) is 0.953. The van der Waals surface area contributed by atoms with Crippen LogP contribution in [0.15, 0.2) is 42.5 Å². The highest BCUT2D eigenvalue weighted by atomic mass is 16.3. The van der Waals surface area contributed by atoms with Crippen molar-refractivity contribution in [1.82, 2.24) is 5.32 Å². The molecule has 0 saturated heterocycles. The molecule has 0 fully saturated rings. The first kappa shape index (κ1) is 18.5. The van der Waals surface area contributed by atoms with Crippen LogP contribution in [0, 0.1) is 6.92 Å². The van der Waals surface area contributed by atoms with E-state index in [2.05, 4.69) is 22.9 Å². The fourth-order valence-electron chi connectivity index (χ4n) is 2.28. The predicted molar refractivity (Wildman–Crippen MR) is 98.6 cm³/mol. The largest absolute Gasteiger partial charge is 0.387 e. The second kappa shape index (κ2) is 8.84. The highest BCUT2D eigenvalue weighted by molar-refractivity contribution is 5.92. The molecule has 0 radical (unpaired) electrons. The van der Waals surface area contributed by atoms with Crippen LogP contribution >= 0.6 is 0 Å². The molecular weight excluding hydrogens is 318 g/mol. The Morgan fingerprint density at radius 3 is 2.32 bits per heavy atom. The average Bonchev–Trinajstić information content (AvgIpc) is 2.62. The number of anilines is 2. The molecule has 2 rings (SSSR count). The molecular formula is C19H23N3O3. The zero-order valence-corrected chi connectivity index (χ0v) is 14.4. The van der Waals surface area contributed by atoms with Crippen LogP contribution in [-0.2, 0) is 17.8 Å². The van der Waals surface area contributed by atoms with Gasteiger partial charge in [0.15, 0.2) is 0 Å². The van der Waals surface area contributed by atoms with Crippen LogP contribution in [0.1, 0.15) is 23.6 Å². The molecule has 4 N–H and O–H groups in total. The Balaban J connectivity index is 1.92. The van der Waals surface area contributed by atoms with Gasteiger partial charge >= 0.3 is 6.03 Å². The van der Waals surface area contributed by atoms with E-state index in [0.29, 0.717) is 12.2 Å². The molecule has 0 aliphatic heterocycles. The van der Waals surface area contributed by atoms with Gasteiger partial charge < -0.3 is 21.1 Å². The van der Waals surface area contributed by atoms with E-state index in [4.69, 9.17) is 5.11 Å². The molecule has 0 atom stereocenters. The van der Waals surface area contributed by atoms with Gasteiger partial charge in [-0.3, -0.25) is 4.79 Å². The van der Waals surface area contributed by atoms with Crippen molar-refractivity contribution in [2.75, 3.05) is 17.2 Å². The van der Waals surface area contributed by atoms with Crippen molar-refractivity contribution in [2.24, 2.45) is 0 Å². The van der Waals surface area contributed by atoms with Crippen molar-refractivity contribution in [3.05, 3.63) is 59.2 Å². The van der Waals surface area contributed by atoms with E-state index < -0.39 is 12.5 Å². The van der Waals surface area contributed by atoms with Crippen molar-refractivity contribution < 1.29 is 14.7 Å². The van der Waals surface area contributed by atoms with E-state index in [-0.39, 0.29) is 6.03 Å². The maximum absolute atomic E-state index is 12.0. The zero-order valence-electron chi connectivity index (χ0n) is 14.4. The normalized spacial score (nSPS) is 10.2. The number of carbonyl (C=O) groups is 2. The molecule has 0 aliphatic carbocycles. The maximum atomic E-state index is 12.0. The highest BCUT2D eigenvalue weighted by Crippen LogP contribution is 2.17. The fraction of sp³-hybridized carbons (Fsp3) is 0.263. The summed E-state index contributed by atoms with van der Waals surface area (Å²) in [7, 11) is 0. The average molecular weight is 341 g/mol. The SMILES string of the molecule is CCc1ccc(NC(=O)NCc2ccc(C)c(NC(=O)CO)c2)cc1. The van der Waals surface area contributed by atoms with Crippen molar-refractivity contribution >= 4 is 23.3 Å². The first-order chi connectivity index (χ1) is 12.0. The second-order valence-corrected chi connectivity index (χ2v) is 5.71. The third-order valence-electron chi connectivity index (χ3n) is 3.79. The molecule has 0 heterocycles. The molecule has 3 amide bonds. The monoisotopic (exact) mass is 341 g/mol. The van der Waals surface area contributed by atoms with Gasteiger partial charge in [-0.1, -0.05) is 31.2 Å². The second-order valence-electron chi connectivity index (χ2n) is 5.71. The topological polar surface area (TPSA) is 90.5 Å². The molecule has 2 aromatic carbocycles. The number of aliphatic hydroxyl groups is 1.